The standard InChI is InChI=1S/C10H14O4/c1-13-8-3-5-10(14-2,6-4-8)7-9(11)12/h3-5H,6-7H2,1-2H3,(H,11,12). The Morgan fingerprint density at radius 1 is 1.64 bits per heavy atom. The van der Waals surface area contributed by atoms with Crippen LogP contribution < -0.4 is 0 Å². The van der Waals surface area contributed by atoms with Crippen molar-refractivity contribution in [1.29, 1.82) is 0 Å². The Morgan fingerprint density at radius 2 is 2.36 bits per heavy atom. The molecule has 0 fully saturated rings. The Kier molecular flexibility index (Phi) is 3.30. The predicted octanol–water partition coefficient (Wildman–Crippen LogP) is 1.34. The SMILES string of the molecule is COC1=CCC(CC(=O)O)(OC)C=C1. The van der Waals surface area contributed by atoms with Crippen molar-refractivity contribution in [3.05, 3.63) is 24.0 Å². The molecule has 4 nitrogen and oxygen atoms in total. The molecular formula is C10H14O4. The summed E-state index contributed by atoms with van der Waals surface area (Å²) in [5, 5.41) is 8.72. The Balaban J connectivity index is 2.72. The summed E-state index contributed by atoms with van der Waals surface area (Å²) in [6.45, 7) is 0. The van der Waals surface area contributed by atoms with Gasteiger partial charge in [0.1, 0.15) is 11.4 Å². The number of allylic oxidation sites excluding steroid dienone is 1. The van der Waals surface area contributed by atoms with Crippen LogP contribution >= 0.6 is 0 Å². The van der Waals surface area contributed by atoms with Crippen LogP contribution in [0.2, 0.25) is 0 Å². The summed E-state index contributed by atoms with van der Waals surface area (Å²) in [6.07, 6.45) is 5.78. The van der Waals surface area contributed by atoms with Crippen molar-refractivity contribution in [2.24, 2.45) is 0 Å². The minimum atomic E-state index is -0.870. The second kappa shape index (κ2) is 4.28. The number of hydrogen-bond acceptors (Lipinski definition) is 3. The first-order chi connectivity index (χ1) is 6.62. The van der Waals surface area contributed by atoms with Gasteiger partial charge < -0.3 is 14.6 Å². The van der Waals surface area contributed by atoms with E-state index in [1.54, 1.807) is 19.3 Å². The average molecular weight is 198 g/mol. The summed E-state index contributed by atoms with van der Waals surface area (Å²) < 4.78 is 10.2. The van der Waals surface area contributed by atoms with Crippen LogP contribution in [-0.4, -0.2) is 30.9 Å². The molecule has 1 atom stereocenters. The van der Waals surface area contributed by atoms with Gasteiger partial charge >= 0.3 is 5.97 Å². The van der Waals surface area contributed by atoms with Crippen LogP contribution in [0.3, 0.4) is 0 Å². The molecule has 1 rings (SSSR count). The molecule has 0 aromatic carbocycles. The van der Waals surface area contributed by atoms with Gasteiger partial charge in [-0.3, -0.25) is 4.79 Å². The lowest BCUT2D eigenvalue weighted by molar-refractivity contribution is -0.142. The largest absolute Gasteiger partial charge is 0.497 e. The van der Waals surface area contributed by atoms with Crippen molar-refractivity contribution >= 4 is 5.97 Å². The molecule has 0 saturated heterocycles. The molecule has 1 aliphatic carbocycles. The lowest BCUT2D eigenvalue weighted by Crippen LogP contribution is -2.32. The van der Waals surface area contributed by atoms with Crippen LogP contribution in [0.1, 0.15) is 12.8 Å². The van der Waals surface area contributed by atoms with Crippen molar-refractivity contribution in [3.8, 4) is 0 Å². The zero-order valence-electron chi connectivity index (χ0n) is 8.32. The van der Waals surface area contributed by atoms with Crippen molar-refractivity contribution in [2.45, 2.75) is 18.4 Å². The Bertz CT molecular complexity index is 280. The highest BCUT2D eigenvalue weighted by Gasteiger charge is 2.31. The number of aliphatic carboxylic acids is 1. The van der Waals surface area contributed by atoms with Gasteiger partial charge in [0, 0.05) is 13.5 Å². The highest BCUT2D eigenvalue weighted by molar-refractivity contribution is 5.69. The van der Waals surface area contributed by atoms with Gasteiger partial charge in [-0.05, 0) is 18.2 Å². The summed E-state index contributed by atoms with van der Waals surface area (Å²) in [4.78, 5) is 10.6. The number of methoxy groups -OCH3 is 2. The first kappa shape index (κ1) is 10.8. The molecule has 78 valence electrons. The number of carbonyl (C=O) groups is 1. The third kappa shape index (κ3) is 2.35. The normalized spacial score (nSPS) is 25.7. The second-order valence-electron chi connectivity index (χ2n) is 3.19. The third-order valence-electron chi connectivity index (χ3n) is 2.29. The first-order valence-corrected chi connectivity index (χ1v) is 4.32. The van der Waals surface area contributed by atoms with E-state index in [4.69, 9.17) is 14.6 Å². The number of hydrogen-bond donors (Lipinski definition) is 1. The van der Waals surface area contributed by atoms with Gasteiger partial charge in [-0.15, -0.1) is 0 Å². The van der Waals surface area contributed by atoms with E-state index in [9.17, 15) is 4.79 Å². The molecule has 0 aromatic heterocycles. The molecule has 0 bridgehead atoms. The number of ether oxygens (including phenoxy) is 2. The van der Waals surface area contributed by atoms with E-state index >= 15 is 0 Å². The summed E-state index contributed by atoms with van der Waals surface area (Å²) in [5.41, 5.74) is -0.714. The summed E-state index contributed by atoms with van der Waals surface area (Å²) in [7, 11) is 3.09. The molecule has 0 saturated carbocycles. The summed E-state index contributed by atoms with van der Waals surface area (Å²) in [5.74, 6) is -0.131. The lowest BCUT2D eigenvalue weighted by atomic mass is 9.91. The number of carboxylic acid groups (broad SMARTS) is 1. The van der Waals surface area contributed by atoms with E-state index in [0.717, 1.165) is 5.76 Å². The zero-order valence-corrected chi connectivity index (χ0v) is 8.32. The molecule has 0 aromatic rings. The molecule has 0 aliphatic heterocycles. The van der Waals surface area contributed by atoms with E-state index in [2.05, 4.69) is 0 Å². The summed E-state index contributed by atoms with van der Waals surface area (Å²) in [6, 6.07) is 0. The van der Waals surface area contributed by atoms with E-state index < -0.39 is 11.6 Å². The molecule has 4 heteroatoms. The fourth-order valence-electron chi connectivity index (χ4n) is 1.41. The molecule has 1 unspecified atom stereocenters. The third-order valence-corrected chi connectivity index (χ3v) is 2.29. The van der Waals surface area contributed by atoms with Gasteiger partial charge in [0.05, 0.1) is 13.5 Å². The zero-order chi connectivity index (χ0) is 10.6. The number of rotatable bonds is 4. The average Bonchev–Trinajstić information content (AvgIpc) is 2.18. The molecule has 0 radical (unpaired) electrons. The van der Waals surface area contributed by atoms with Crippen LogP contribution in [0, 0.1) is 0 Å². The van der Waals surface area contributed by atoms with Gasteiger partial charge in [-0.2, -0.15) is 0 Å². The lowest BCUT2D eigenvalue weighted by Gasteiger charge is -2.28. The topological polar surface area (TPSA) is 55.8 Å². The second-order valence-corrected chi connectivity index (χ2v) is 3.19. The molecule has 0 spiro atoms. The van der Waals surface area contributed by atoms with Crippen molar-refractivity contribution in [3.63, 3.8) is 0 Å². The number of carboxylic acids is 1. The maximum absolute atomic E-state index is 10.6. The minimum absolute atomic E-state index is 0.0342. The Labute approximate surface area is 82.8 Å². The van der Waals surface area contributed by atoms with Gasteiger partial charge in [-0.1, -0.05) is 0 Å². The molecule has 1 N–H and O–H groups in total. The quantitative estimate of drug-likeness (QED) is 0.740. The highest BCUT2D eigenvalue weighted by atomic mass is 16.5. The highest BCUT2D eigenvalue weighted by Crippen LogP contribution is 2.27. The maximum atomic E-state index is 10.6. The van der Waals surface area contributed by atoms with E-state index in [-0.39, 0.29) is 6.42 Å². The van der Waals surface area contributed by atoms with Crippen molar-refractivity contribution < 1.29 is 19.4 Å². The van der Waals surface area contributed by atoms with Gasteiger partial charge in [0.25, 0.3) is 0 Å². The smallest absolute Gasteiger partial charge is 0.306 e. The maximum Gasteiger partial charge on any atom is 0.306 e. The van der Waals surface area contributed by atoms with E-state index in [1.807, 2.05) is 6.08 Å². The van der Waals surface area contributed by atoms with E-state index in [1.165, 1.54) is 7.11 Å². The molecular weight excluding hydrogens is 184 g/mol. The minimum Gasteiger partial charge on any atom is -0.497 e. The Morgan fingerprint density at radius 3 is 2.71 bits per heavy atom. The monoisotopic (exact) mass is 198 g/mol. The van der Waals surface area contributed by atoms with E-state index in [0.29, 0.717) is 6.42 Å². The Hall–Kier alpha value is -1.29. The molecule has 1 aliphatic rings. The van der Waals surface area contributed by atoms with Gasteiger partial charge in [-0.25, -0.2) is 0 Å². The fourth-order valence-corrected chi connectivity index (χ4v) is 1.41. The summed E-state index contributed by atoms with van der Waals surface area (Å²) >= 11 is 0. The van der Waals surface area contributed by atoms with Gasteiger partial charge in [0.2, 0.25) is 0 Å². The van der Waals surface area contributed by atoms with Crippen molar-refractivity contribution in [1.82, 2.24) is 0 Å². The van der Waals surface area contributed by atoms with Crippen LogP contribution in [-0.2, 0) is 14.3 Å². The van der Waals surface area contributed by atoms with Crippen LogP contribution in [0.4, 0.5) is 0 Å². The molecule has 14 heavy (non-hydrogen) atoms. The predicted molar refractivity (Wildman–Crippen MR) is 50.8 cm³/mol. The van der Waals surface area contributed by atoms with Crippen LogP contribution in [0.5, 0.6) is 0 Å². The molecule has 0 heterocycles. The van der Waals surface area contributed by atoms with Crippen LogP contribution in [0.25, 0.3) is 0 Å². The molecule has 0 amide bonds. The van der Waals surface area contributed by atoms with Gasteiger partial charge in [0.15, 0.2) is 0 Å². The van der Waals surface area contributed by atoms with Crippen LogP contribution in [0.15, 0.2) is 24.0 Å². The fraction of sp³-hybridized carbons (Fsp3) is 0.500. The van der Waals surface area contributed by atoms with Crippen molar-refractivity contribution in [2.75, 3.05) is 14.2 Å². The first-order valence-electron chi connectivity index (χ1n) is 4.32.